The van der Waals surface area contributed by atoms with Crippen molar-refractivity contribution in [1.82, 2.24) is 14.9 Å². The average Bonchev–Trinajstić information content (AvgIpc) is 2.72. The van der Waals surface area contributed by atoms with Gasteiger partial charge in [-0.2, -0.15) is 0 Å². The van der Waals surface area contributed by atoms with E-state index in [9.17, 15) is 4.79 Å². The molecule has 0 saturated heterocycles. The lowest BCUT2D eigenvalue weighted by Crippen LogP contribution is -2.37. The molecule has 0 saturated carbocycles. The van der Waals surface area contributed by atoms with E-state index in [1.165, 1.54) is 31.5 Å². The summed E-state index contributed by atoms with van der Waals surface area (Å²) in [6.07, 6.45) is 1.26. The molecule has 0 radical (unpaired) electrons. The summed E-state index contributed by atoms with van der Waals surface area (Å²) < 4.78 is 16.5. The highest BCUT2D eigenvalue weighted by atomic mass is 35.5. The molecule has 1 heterocycles. The first-order valence-corrected chi connectivity index (χ1v) is 14.6. The highest BCUT2D eigenvalue weighted by Crippen LogP contribution is 2.41. The number of nitrogens with one attached hydrogen (secondary N) is 1. The van der Waals surface area contributed by atoms with Crippen molar-refractivity contribution in [3.05, 3.63) is 39.2 Å². The number of anilines is 1. The standard InChI is InChI=1S/C20H27Cl3N4O4Si/c1-29-14-8-15(30-2)19(23)13(18(14)22)10-27(12-31-6-7-32(3,4)5)20(28)26-17-9-16(21)24-11-25-17/h8-9,11H,6-7,10,12H2,1-5H3,(H,24,25,26,28). The van der Waals surface area contributed by atoms with Crippen LogP contribution < -0.4 is 14.8 Å². The fraction of sp³-hybridized carbons (Fsp3) is 0.450. The van der Waals surface area contributed by atoms with Crippen LogP contribution in [0.4, 0.5) is 10.6 Å². The molecule has 0 aliphatic heterocycles. The monoisotopic (exact) mass is 520 g/mol. The molecule has 2 aromatic rings. The van der Waals surface area contributed by atoms with Gasteiger partial charge in [0, 0.05) is 32.4 Å². The summed E-state index contributed by atoms with van der Waals surface area (Å²) in [5.74, 6) is 1.01. The van der Waals surface area contributed by atoms with E-state index in [2.05, 4.69) is 34.9 Å². The molecule has 0 aliphatic rings. The van der Waals surface area contributed by atoms with Crippen LogP contribution in [0.15, 0.2) is 18.5 Å². The van der Waals surface area contributed by atoms with Crippen LogP contribution in [0.3, 0.4) is 0 Å². The Labute approximate surface area is 204 Å². The molecule has 1 N–H and O–H groups in total. The van der Waals surface area contributed by atoms with E-state index >= 15 is 0 Å². The Bertz CT molecular complexity index is 916. The van der Waals surface area contributed by atoms with Gasteiger partial charge in [-0.3, -0.25) is 10.2 Å². The SMILES string of the molecule is COc1cc(OC)c(Cl)c(CN(COCC[Si](C)(C)C)C(=O)Nc2cc(Cl)ncn2)c1Cl. The number of rotatable bonds is 10. The molecule has 2 amide bonds. The second kappa shape index (κ2) is 11.9. The molecular weight excluding hydrogens is 495 g/mol. The van der Waals surface area contributed by atoms with Crippen molar-refractivity contribution in [2.45, 2.75) is 32.2 Å². The molecule has 8 nitrogen and oxygen atoms in total. The maximum Gasteiger partial charge on any atom is 0.325 e. The highest BCUT2D eigenvalue weighted by molar-refractivity contribution is 6.76. The Kier molecular flexibility index (Phi) is 9.84. The third-order valence-corrected chi connectivity index (χ3v) is 7.15. The van der Waals surface area contributed by atoms with E-state index in [1.807, 2.05) is 0 Å². The Morgan fingerprint density at radius 2 is 1.69 bits per heavy atom. The van der Waals surface area contributed by atoms with E-state index in [4.69, 9.17) is 49.0 Å². The second-order valence-corrected chi connectivity index (χ2v) is 14.9. The summed E-state index contributed by atoms with van der Waals surface area (Å²) in [5.41, 5.74) is 0.467. The molecule has 2 rings (SSSR count). The van der Waals surface area contributed by atoms with Gasteiger partial charge in [0.15, 0.2) is 0 Å². The fourth-order valence-electron chi connectivity index (χ4n) is 2.59. The second-order valence-electron chi connectivity index (χ2n) is 8.09. The number of urea groups is 1. The van der Waals surface area contributed by atoms with Crippen LogP contribution in [0.5, 0.6) is 11.5 Å². The van der Waals surface area contributed by atoms with E-state index < -0.39 is 14.1 Å². The lowest BCUT2D eigenvalue weighted by molar-refractivity contribution is 0.0548. The Morgan fingerprint density at radius 3 is 2.22 bits per heavy atom. The molecule has 176 valence electrons. The smallest absolute Gasteiger partial charge is 0.325 e. The summed E-state index contributed by atoms with van der Waals surface area (Å²) in [7, 11) is 1.68. The van der Waals surface area contributed by atoms with Crippen molar-refractivity contribution in [2.24, 2.45) is 0 Å². The van der Waals surface area contributed by atoms with Gasteiger partial charge in [-0.15, -0.1) is 0 Å². The number of carbonyl (C=O) groups is 1. The van der Waals surface area contributed by atoms with Gasteiger partial charge in [0.25, 0.3) is 0 Å². The predicted octanol–water partition coefficient (Wildman–Crippen LogP) is 5.80. The first-order chi connectivity index (χ1) is 15.1. The highest BCUT2D eigenvalue weighted by Gasteiger charge is 2.23. The molecule has 12 heteroatoms. The maximum atomic E-state index is 13.0. The molecular formula is C20H27Cl3N4O4Si. The average molecular weight is 522 g/mol. The molecule has 0 atom stereocenters. The zero-order chi connectivity index (χ0) is 23.9. The lowest BCUT2D eigenvalue weighted by atomic mass is 10.2. The van der Waals surface area contributed by atoms with Gasteiger partial charge in [0.05, 0.1) is 30.8 Å². The minimum absolute atomic E-state index is 0.0152. The van der Waals surface area contributed by atoms with Crippen molar-refractivity contribution in [3.8, 4) is 11.5 Å². The van der Waals surface area contributed by atoms with Crippen LogP contribution in [0.25, 0.3) is 0 Å². The predicted molar refractivity (Wildman–Crippen MR) is 130 cm³/mol. The maximum absolute atomic E-state index is 13.0. The normalized spacial score (nSPS) is 11.2. The molecule has 1 aromatic heterocycles. The summed E-state index contributed by atoms with van der Waals surface area (Å²) in [4.78, 5) is 22.3. The number of hydrogen-bond acceptors (Lipinski definition) is 6. The number of hydrogen-bond donors (Lipinski definition) is 1. The van der Waals surface area contributed by atoms with Crippen LogP contribution in [0, 0.1) is 0 Å². The molecule has 0 unspecified atom stereocenters. The van der Waals surface area contributed by atoms with Crippen molar-refractivity contribution >= 4 is 54.7 Å². The van der Waals surface area contributed by atoms with Gasteiger partial charge in [-0.1, -0.05) is 54.4 Å². The number of halogens is 3. The van der Waals surface area contributed by atoms with Crippen LogP contribution in [-0.4, -0.2) is 56.5 Å². The van der Waals surface area contributed by atoms with E-state index in [0.29, 0.717) is 23.7 Å². The summed E-state index contributed by atoms with van der Waals surface area (Å²) >= 11 is 18.9. The number of aromatic nitrogens is 2. The van der Waals surface area contributed by atoms with Gasteiger partial charge in [0.2, 0.25) is 0 Å². The van der Waals surface area contributed by atoms with Gasteiger partial charge >= 0.3 is 6.03 Å². The quantitative estimate of drug-likeness (QED) is 0.184. The number of ether oxygens (including phenoxy) is 3. The molecule has 0 fully saturated rings. The first-order valence-electron chi connectivity index (χ1n) is 9.75. The molecule has 0 bridgehead atoms. The van der Waals surface area contributed by atoms with Crippen molar-refractivity contribution in [3.63, 3.8) is 0 Å². The largest absolute Gasteiger partial charge is 0.495 e. The number of methoxy groups -OCH3 is 2. The third kappa shape index (κ3) is 7.67. The van der Waals surface area contributed by atoms with E-state index in [-0.39, 0.29) is 34.3 Å². The van der Waals surface area contributed by atoms with Gasteiger partial charge < -0.3 is 14.2 Å². The van der Waals surface area contributed by atoms with Crippen LogP contribution in [0.2, 0.25) is 40.9 Å². The van der Waals surface area contributed by atoms with E-state index in [0.717, 1.165) is 6.04 Å². The third-order valence-electron chi connectivity index (χ3n) is 4.41. The Balaban J connectivity index is 2.28. The molecule has 1 aromatic carbocycles. The van der Waals surface area contributed by atoms with Crippen LogP contribution in [0.1, 0.15) is 5.56 Å². The van der Waals surface area contributed by atoms with E-state index in [1.54, 1.807) is 6.07 Å². The van der Waals surface area contributed by atoms with Crippen molar-refractivity contribution < 1.29 is 19.0 Å². The minimum Gasteiger partial charge on any atom is -0.495 e. The number of nitrogens with zero attached hydrogens (tertiary/aromatic N) is 3. The van der Waals surface area contributed by atoms with Crippen LogP contribution >= 0.6 is 34.8 Å². The number of amides is 2. The Morgan fingerprint density at radius 1 is 1.06 bits per heavy atom. The first kappa shape index (κ1) is 26.5. The number of carbonyl (C=O) groups excluding carboxylic acids is 1. The Hall–Kier alpha value is -1.78. The molecule has 32 heavy (non-hydrogen) atoms. The van der Waals surface area contributed by atoms with Gasteiger partial charge in [-0.25, -0.2) is 14.8 Å². The summed E-state index contributed by atoms with van der Waals surface area (Å²) in [6, 6.07) is 3.52. The minimum atomic E-state index is -1.29. The van der Waals surface area contributed by atoms with Crippen molar-refractivity contribution in [2.75, 3.05) is 32.9 Å². The van der Waals surface area contributed by atoms with Gasteiger partial charge in [-0.05, 0) is 6.04 Å². The summed E-state index contributed by atoms with van der Waals surface area (Å²) in [6.45, 7) is 7.34. The number of benzene rings is 1. The lowest BCUT2D eigenvalue weighted by Gasteiger charge is -2.25. The topological polar surface area (TPSA) is 85.8 Å². The van der Waals surface area contributed by atoms with Gasteiger partial charge in [0.1, 0.15) is 35.5 Å². The van der Waals surface area contributed by atoms with Crippen LogP contribution in [-0.2, 0) is 11.3 Å². The zero-order valence-corrected chi connectivity index (χ0v) is 21.9. The molecule has 0 aliphatic carbocycles. The molecule has 0 spiro atoms. The fourth-order valence-corrected chi connectivity index (χ4v) is 4.11. The summed E-state index contributed by atoms with van der Waals surface area (Å²) in [5, 5.41) is 3.45. The zero-order valence-electron chi connectivity index (χ0n) is 18.7. The van der Waals surface area contributed by atoms with Crippen molar-refractivity contribution in [1.29, 1.82) is 0 Å².